The van der Waals surface area contributed by atoms with Crippen LogP contribution >= 0.6 is 0 Å². The molecule has 2 atom stereocenters. The number of hydrogen-bond donors (Lipinski definition) is 1. The molecule has 2 unspecified atom stereocenters. The summed E-state index contributed by atoms with van der Waals surface area (Å²) in [7, 11) is 0. The third kappa shape index (κ3) is 2.94. The van der Waals surface area contributed by atoms with Gasteiger partial charge in [-0.1, -0.05) is 36.4 Å². The Bertz CT molecular complexity index is 951. The number of rotatable bonds is 3. The Morgan fingerprint density at radius 1 is 1.08 bits per heavy atom. The van der Waals surface area contributed by atoms with Crippen LogP contribution in [0.4, 0.5) is 0 Å². The molecule has 1 aliphatic heterocycles. The minimum absolute atomic E-state index is 0.0455. The normalized spacial score (nSPS) is 20.1. The van der Waals surface area contributed by atoms with Gasteiger partial charge in [-0.15, -0.1) is 0 Å². The van der Waals surface area contributed by atoms with E-state index in [1.165, 1.54) is 0 Å². The number of hydrogen-bond acceptors (Lipinski definition) is 4. The number of aryl methyl sites for hydroxylation is 2. The summed E-state index contributed by atoms with van der Waals surface area (Å²) in [6.45, 7) is 3.97. The molecule has 4 rings (SSSR count). The van der Waals surface area contributed by atoms with Crippen LogP contribution in [0.1, 0.15) is 46.3 Å². The Balaban J connectivity index is 1.64. The van der Waals surface area contributed by atoms with Crippen LogP contribution in [-0.4, -0.2) is 21.8 Å². The number of nitrogens with zero attached hydrogens (tertiary/aromatic N) is 2. The summed E-state index contributed by atoms with van der Waals surface area (Å²) in [5.74, 6) is 0.953. The number of nitrogens with one attached hydrogen (secondary N) is 1. The molecule has 2 heterocycles. The SMILES string of the molecule is Cc1ccnc(C2CCC(C(=O)c3c(C)ccc4ccccc34)N2)n1. The number of ketones is 1. The molecule has 0 bridgehead atoms. The number of carbonyl (C=O) groups is 1. The van der Waals surface area contributed by atoms with Crippen molar-refractivity contribution in [2.75, 3.05) is 0 Å². The van der Waals surface area contributed by atoms with Gasteiger partial charge < -0.3 is 0 Å². The number of fused-ring (bicyclic) bond motifs is 1. The minimum atomic E-state index is -0.182. The van der Waals surface area contributed by atoms with Crippen LogP contribution in [0.5, 0.6) is 0 Å². The van der Waals surface area contributed by atoms with Crippen molar-refractivity contribution in [3.63, 3.8) is 0 Å². The first-order valence-electron chi connectivity index (χ1n) is 8.71. The van der Waals surface area contributed by atoms with Crippen LogP contribution in [0.2, 0.25) is 0 Å². The van der Waals surface area contributed by atoms with E-state index in [0.29, 0.717) is 0 Å². The van der Waals surface area contributed by atoms with E-state index in [-0.39, 0.29) is 17.9 Å². The van der Waals surface area contributed by atoms with Crippen LogP contribution in [0, 0.1) is 13.8 Å². The molecule has 1 aromatic heterocycles. The molecule has 126 valence electrons. The van der Waals surface area contributed by atoms with Crippen molar-refractivity contribution in [3.05, 3.63) is 71.3 Å². The zero-order chi connectivity index (χ0) is 17.4. The molecule has 1 N–H and O–H groups in total. The molecule has 4 heteroatoms. The van der Waals surface area contributed by atoms with Gasteiger partial charge in [0.05, 0.1) is 12.1 Å². The summed E-state index contributed by atoms with van der Waals surface area (Å²) in [6.07, 6.45) is 3.47. The number of benzene rings is 2. The van der Waals surface area contributed by atoms with Crippen molar-refractivity contribution in [1.29, 1.82) is 0 Å². The molecule has 0 saturated carbocycles. The summed E-state index contributed by atoms with van der Waals surface area (Å²) in [6, 6.07) is 13.9. The van der Waals surface area contributed by atoms with E-state index in [4.69, 9.17) is 0 Å². The second-order valence-electron chi connectivity index (χ2n) is 6.75. The maximum atomic E-state index is 13.2. The fourth-order valence-electron chi connectivity index (χ4n) is 3.67. The highest BCUT2D eigenvalue weighted by Gasteiger charge is 2.33. The molecule has 0 spiro atoms. The topological polar surface area (TPSA) is 54.9 Å². The van der Waals surface area contributed by atoms with Gasteiger partial charge in [-0.2, -0.15) is 0 Å². The standard InChI is InChI=1S/C21H21N3O/c1-13-7-8-15-5-3-4-6-16(15)19(13)20(25)17-9-10-18(24-17)21-22-12-11-14(2)23-21/h3-8,11-12,17-18,24H,9-10H2,1-2H3. The predicted molar refractivity (Wildman–Crippen MR) is 98.7 cm³/mol. The van der Waals surface area contributed by atoms with Crippen molar-refractivity contribution in [2.24, 2.45) is 0 Å². The van der Waals surface area contributed by atoms with Crippen LogP contribution in [-0.2, 0) is 0 Å². The van der Waals surface area contributed by atoms with Crippen LogP contribution < -0.4 is 5.32 Å². The number of carbonyl (C=O) groups excluding carboxylic acids is 1. The zero-order valence-electron chi connectivity index (χ0n) is 14.5. The van der Waals surface area contributed by atoms with E-state index < -0.39 is 0 Å². The Hall–Kier alpha value is -2.59. The second kappa shape index (κ2) is 6.37. The van der Waals surface area contributed by atoms with E-state index >= 15 is 0 Å². The van der Waals surface area contributed by atoms with Crippen LogP contribution in [0.3, 0.4) is 0 Å². The van der Waals surface area contributed by atoms with Crippen molar-refractivity contribution in [1.82, 2.24) is 15.3 Å². The first-order chi connectivity index (χ1) is 12.1. The summed E-state index contributed by atoms with van der Waals surface area (Å²) in [4.78, 5) is 22.1. The largest absolute Gasteiger partial charge is 0.297 e. The van der Waals surface area contributed by atoms with Gasteiger partial charge in [-0.25, -0.2) is 9.97 Å². The lowest BCUT2D eigenvalue weighted by Crippen LogP contribution is -2.33. The summed E-state index contributed by atoms with van der Waals surface area (Å²) in [5.41, 5.74) is 2.81. The van der Waals surface area contributed by atoms with Crippen molar-refractivity contribution >= 4 is 16.6 Å². The van der Waals surface area contributed by atoms with Crippen molar-refractivity contribution < 1.29 is 4.79 Å². The van der Waals surface area contributed by atoms with Gasteiger partial charge in [0.2, 0.25) is 0 Å². The van der Waals surface area contributed by atoms with Crippen molar-refractivity contribution in [2.45, 2.75) is 38.8 Å². The van der Waals surface area contributed by atoms with Gasteiger partial charge in [-0.05, 0) is 49.1 Å². The zero-order valence-corrected chi connectivity index (χ0v) is 14.5. The molecule has 4 nitrogen and oxygen atoms in total. The molecule has 1 fully saturated rings. The van der Waals surface area contributed by atoms with E-state index in [2.05, 4.69) is 27.4 Å². The summed E-state index contributed by atoms with van der Waals surface area (Å²) >= 11 is 0. The minimum Gasteiger partial charge on any atom is -0.297 e. The molecule has 1 aliphatic rings. The summed E-state index contributed by atoms with van der Waals surface area (Å²) in [5, 5.41) is 5.59. The van der Waals surface area contributed by atoms with E-state index in [1.807, 2.05) is 44.2 Å². The third-order valence-electron chi connectivity index (χ3n) is 4.97. The van der Waals surface area contributed by atoms with E-state index in [1.54, 1.807) is 6.20 Å². The monoisotopic (exact) mass is 331 g/mol. The lowest BCUT2D eigenvalue weighted by Gasteiger charge is -2.16. The molecule has 0 radical (unpaired) electrons. The number of Topliss-reactive ketones (excluding diaryl/α,β-unsaturated/α-hetero) is 1. The molecule has 25 heavy (non-hydrogen) atoms. The van der Waals surface area contributed by atoms with Gasteiger partial charge in [0.15, 0.2) is 5.78 Å². The van der Waals surface area contributed by atoms with Crippen molar-refractivity contribution in [3.8, 4) is 0 Å². The first kappa shape index (κ1) is 15.9. The molecular weight excluding hydrogens is 310 g/mol. The third-order valence-corrected chi connectivity index (χ3v) is 4.97. The molecule has 1 saturated heterocycles. The van der Waals surface area contributed by atoms with Crippen LogP contribution in [0.15, 0.2) is 48.7 Å². The fraction of sp³-hybridized carbons (Fsp3) is 0.286. The van der Waals surface area contributed by atoms with E-state index in [9.17, 15) is 4.79 Å². The van der Waals surface area contributed by atoms with Gasteiger partial charge in [0.25, 0.3) is 0 Å². The average Bonchev–Trinajstić information content (AvgIpc) is 3.11. The summed E-state index contributed by atoms with van der Waals surface area (Å²) < 4.78 is 0. The Kier molecular flexibility index (Phi) is 4.06. The maximum Gasteiger partial charge on any atom is 0.180 e. The first-order valence-corrected chi connectivity index (χ1v) is 8.71. The maximum absolute atomic E-state index is 13.2. The second-order valence-corrected chi connectivity index (χ2v) is 6.75. The average molecular weight is 331 g/mol. The predicted octanol–water partition coefficient (Wildman–Crippen LogP) is 3.92. The highest BCUT2D eigenvalue weighted by atomic mass is 16.1. The van der Waals surface area contributed by atoms with Gasteiger partial charge >= 0.3 is 0 Å². The Labute approximate surface area is 147 Å². The lowest BCUT2D eigenvalue weighted by atomic mass is 9.93. The Morgan fingerprint density at radius 3 is 2.76 bits per heavy atom. The van der Waals surface area contributed by atoms with Gasteiger partial charge in [0.1, 0.15) is 5.82 Å². The smallest absolute Gasteiger partial charge is 0.180 e. The highest BCUT2D eigenvalue weighted by Crippen LogP contribution is 2.29. The fourth-order valence-corrected chi connectivity index (χ4v) is 3.67. The van der Waals surface area contributed by atoms with E-state index in [0.717, 1.165) is 46.3 Å². The molecule has 0 aliphatic carbocycles. The molecule has 0 amide bonds. The lowest BCUT2D eigenvalue weighted by molar-refractivity contribution is 0.0951. The van der Waals surface area contributed by atoms with Gasteiger partial charge in [-0.3, -0.25) is 10.1 Å². The molecule has 2 aromatic carbocycles. The van der Waals surface area contributed by atoms with Gasteiger partial charge in [0, 0.05) is 17.5 Å². The molecular formula is C21H21N3O. The molecule has 3 aromatic rings. The highest BCUT2D eigenvalue weighted by molar-refractivity contribution is 6.11. The number of aromatic nitrogens is 2. The quantitative estimate of drug-likeness (QED) is 0.739. The Morgan fingerprint density at radius 2 is 1.92 bits per heavy atom. The van der Waals surface area contributed by atoms with Crippen LogP contribution in [0.25, 0.3) is 10.8 Å².